The second-order valence-electron chi connectivity index (χ2n) is 6.70. The molecule has 128 valence electrons. The SMILES string of the molecule is Cc1nccn1CC1(CNC(=O)c2ccc(-n3cnnc3)cc2)CC1. The zero-order valence-electron chi connectivity index (χ0n) is 14.1. The van der Waals surface area contributed by atoms with Crippen molar-refractivity contribution in [1.29, 1.82) is 0 Å². The summed E-state index contributed by atoms with van der Waals surface area (Å²) >= 11 is 0. The molecular weight excluding hydrogens is 316 g/mol. The average Bonchev–Trinajstić information content (AvgIpc) is 3.00. The van der Waals surface area contributed by atoms with E-state index >= 15 is 0 Å². The molecule has 0 bridgehead atoms. The Morgan fingerprint density at radius 2 is 1.92 bits per heavy atom. The van der Waals surface area contributed by atoms with Crippen molar-refractivity contribution in [3.05, 3.63) is 60.7 Å². The molecular formula is C18H20N6O. The maximum absolute atomic E-state index is 12.4. The van der Waals surface area contributed by atoms with Crippen molar-refractivity contribution in [1.82, 2.24) is 29.6 Å². The van der Waals surface area contributed by atoms with Crippen LogP contribution in [0.15, 0.2) is 49.3 Å². The largest absolute Gasteiger partial charge is 0.351 e. The zero-order chi connectivity index (χ0) is 17.3. The van der Waals surface area contributed by atoms with E-state index < -0.39 is 0 Å². The van der Waals surface area contributed by atoms with E-state index in [0.29, 0.717) is 12.1 Å². The monoisotopic (exact) mass is 336 g/mol. The first-order valence-electron chi connectivity index (χ1n) is 8.36. The van der Waals surface area contributed by atoms with Crippen LogP contribution in [0.25, 0.3) is 5.69 Å². The molecule has 7 heteroatoms. The first-order chi connectivity index (χ1) is 12.2. The highest BCUT2D eigenvalue weighted by Gasteiger charge is 2.43. The number of rotatable bonds is 6. The van der Waals surface area contributed by atoms with E-state index in [1.165, 1.54) is 0 Å². The third-order valence-electron chi connectivity index (χ3n) is 4.86. The van der Waals surface area contributed by atoms with Gasteiger partial charge in [0.2, 0.25) is 0 Å². The number of carbonyl (C=O) groups excluding carboxylic acids is 1. The third kappa shape index (κ3) is 3.31. The zero-order valence-corrected chi connectivity index (χ0v) is 14.1. The fraction of sp³-hybridized carbons (Fsp3) is 0.333. The molecule has 0 atom stereocenters. The Labute approximate surface area is 145 Å². The van der Waals surface area contributed by atoms with Crippen LogP contribution in [0, 0.1) is 12.3 Å². The van der Waals surface area contributed by atoms with Crippen molar-refractivity contribution in [3.8, 4) is 5.69 Å². The molecule has 7 nitrogen and oxygen atoms in total. The van der Waals surface area contributed by atoms with Crippen LogP contribution < -0.4 is 5.32 Å². The normalized spacial score (nSPS) is 15.1. The Hall–Kier alpha value is -2.96. The maximum atomic E-state index is 12.4. The summed E-state index contributed by atoms with van der Waals surface area (Å²) in [5.41, 5.74) is 1.76. The molecule has 3 aromatic rings. The van der Waals surface area contributed by atoms with E-state index in [2.05, 4.69) is 25.1 Å². The van der Waals surface area contributed by atoms with Gasteiger partial charge in [-0.2, -0.15) is 0 Å². The Morgan fingerprint density at radius 3 is 2.52 bits per heavy atom. The lowest BCUT2D eigenvalue weighted by Crippen LogP contribution is -2.32. The molecule has 25 heavy (non-hydrogen) atoms. The second kappa shape index (κ2) is 6.16. The number of aryl methyl sites for hydroxylation is 1. The predicted octanol–water partition coefficient (Wildman–Crippen LogP) is 1.98. The van der Waals surface area contributed by atoms with Crippen LogP contribution in [-0.2, 0) is 6.54 Å². The van der Waals surface area contributed by atoms with E-state index in [0.717, 1.165) is 30.9 Å². The molecule has 1 aliphatic rings. The highest BCUT2D eigenvalue weighted by molar-refractivity contribution is 5.94. The molecule has 0 saturated heterocycles. The van der Waals surface area contributed by atoms with Crippen LogP contribution in [0.1, 0.15) is 29.0 Å². The first kappa shape index (κ1) is 15.6. The van der Waals surface area contributed by atoms with Crippen LogP contribution in [0.5, 0.6) is 0 Å². The number of aromatic nitrogens is 5. The molecule has 1 fully saturated rings. The van der Waals surface area contributed by atoms with Gasteiger partial charge in [-0.3, -0.25) is 9.36 Å². The molecule has 1 amide bonds. The summed E-state index contributed by atoms with van der Waals surface area (Å²) in [5, 5.41) is 10.7. The summed E-state index contributed by atoms with van der Waals surface area (Å²) in [5.74, 6) is 0.978. The minimum atomic E-state index is -0.0380. The number of nitrogens with zero attached hydrogens (tertiary/aromatic N) is 5. The number of carbonyl (C=O) groups is 1. The van der Waals surface area contributed by atoms with E-state index in [4.69, 9.17) is 0 Å². The summed E-state index contributed by atoms with van der Waals surface area (Å²) in [6.45, 7) is 3.61. The smallest absolute Gasteiger partial charge is 0.251 e. The van der Waals surface area contributed by atoms with Crippen molar-refractivity contribution in [2.24, 2.45) is 5.41 Å². The van der Waals surface area contributed by atoms with Crippen LogP contribution in [0.3, 0.4) is 0 Å². The standard InChI is InChI=1S/C18H20N6O/c1-14-19-8-9-23(14)11-18(6-7-18)10-20-17(25)15-2-4-16(5-3-15)24-12-21-22-13-24/h2-5,8-9,12-13H,6-7,10-11H2,1H3,(H,20,25). The van der Waals surface area contributed by atoms with E-state index in [9.17, 15) is 4.79 Å². The van der Waals surface area contributed by atoms with Crippen molar-refractivity contribution < 1.29 is 4.79 Å². The van der Waals surface area contributed by atoms with Gasteiger partial charge in [-0.15, -0.1) is 10.2 Å². The van der Waals surface area contributed by atoms with Gasteiger partial charge in [-0.1, -0.05) is 0 Å². The molecule has 4 rings (SSSR count). The van der Waals surface area contributed by atoms with E-state index in [1.54, 1.807) is 17.2 Å². The molecule has 0 spiro atoms. The molecule has 2 heterocycles. The quantitative estimate of drug-likeness (QED) is 0.747. The van der Waals surface area contributed by atoms with Crippen LogP contribution in [-0.4, -0.2) is 36.8 Å². The molecule has 1 aliphatic carbocycles. The molecule has 1 N–H and O–H groups in total. The number of imidazole rings is 1. The van der Waals surface area contributed by atoms with Gasteiger partial charge < -0.3 is 9.88 Å². The third-order valence-corrected chi connectivity index (χ3v) is 4.86. The molecule has 0 unspecified atom stereocenters. The van der Waals surface area contributed by atoms with Crippen LogP contribution >= 0.6 is 0 Å². The summed E-state index contributed by atoms with van der Waals surface area (Å²) in [4.78, 5) is 16.7. The van der Waals surface area contributed by atoms with Gasteiger partial charge >= 0.3 is 0 Å². The molecule has 1 aromatic carbocycles. The highest BCUT2D eigenvalue weighted by Crippen LogP contribution is 2.46. The van der Waals surface area contributed by atoms with Crippen molar-refractivity contribution >= 4 is 5.91 Å². The molecule has 1 saturated carbocycles. The fourth-order valence-corrected chi connectivity index (χ4v) is 2.99. The maximum Gasteiger partial charge on any atom is 0.251 e. The Balaban J connectivity index is 1.37. The summed E-state index contributed by atoms with van der Waals surface area (Å²) in [7, 11) is 0. The van der Waals surface area contributed by atoms with Crippen molar-refractivity contribution in [2.45, 2.75) is 26.3 Å². The molecule has 0 aliphatic heterocycles. The molecule has 0 radical (unpaired) electrons. The van der Waals surface area contributed by atoms with Crippen LogP contribution in [0.4, 0.5) is 0 Å². The summed E-state index contributed by atoms with van der Waals surface area (Å²) in [6.07, 6.45) is 9.35. The lowest BCUT2D eigenvalue weighted by Gasteiger charge is -2.17. The lowest BCUT2D eigenvalue weighted by atomic mass is 10.1. The fourth-order valence-electron chi connectivity index (χ4n) is 2.99. The second-order valence-corrected chi connectivity index (χ2v) is 6.70. The Kier molecular flexibility index (Phi) is 3.83. The van der Waals surface area contributed by atoms with Crippen LogP contribution in [0.2, 0.25) is 0 Å². The van der Waals surface area contributed by atoms with Crippen molar-refractivity contribution in [2.75, 3.05) is 6.54 Å². The Bertz CT molecular complexity index is 861. The van der Waals surface area contributed by atoms with Gasteiger partial charge in [0.15, 0.2) is 0 Å². The van der Waals surface area contributed by atoms with E-state index in [-0.39, 0.29) is 11.3 Å². The minimum absolute atomic E-state index is 0.0380. The van der Waals surface area contributed by atoms with Gasteiger partial charge in [0.25, 0.3) is 5.91 Å². The van der Waals surface area contributed by atoms with Gasteiger partial charge in [-0.05, 0) is 44.0 Å². The topological polar surface area (TPSA) is 77.6 Å². The lowest BCUT2D eigenvalue weighted by molar-refractivity contribution is 0.0943. The average molecular weight is 336 g/mol. The number of hydrogen-bond donors (Lipinski definition) is 1. The summed E-state index contributed by atoms with van der Waals surface area (Å²) < 4.78 is 3.96. The highest BCUT2D eigenvalue weighted by atomic mass is 16.1. The number of hydrogen-bond acceptors (Lipinski definition) is 4. The van der Waals surface area contributed by atoms with Crippen molar-refractivity contribution in [3.63, 3.8) is 0 Å². The summed E-state index contributed by atoms with van der Waals surface area (Å²) in [6, 6.07) is 7.43. The van der Waals surface area contributed by atoms with E-state index in [1.807, 2.05) is 43.6 Å². The van der Waals surface area contributed by atoms with Gasteiger partial charge in [-0.25, -0.2) is 4.98 Å². The van der Waals surface area contributed by atoms with Gasteiger partial charge in [0.05, 0.1) is 0 Å². The predicted molar refractivity (Wildman–Crippen MR) is 92.3 cm³/mol. The minimum Gasteiger partial charge on any atom is -0.351 e. The first-order valence-corrected chi connectivity index (χ1v) is 8.36. The Morgan fingerprint density at radius 1 is 1.20 bits per heavy atom. The number of amides is 1. The van der Waals surface area contributed by atoms with Gasteiger partial charge in [0.1, 0.15) is 18.5 Å². The molecule has 2 aromatic heterocycles. The number of nitrogens with one attached hydrogen (secondary N) is 1. The number of benzene rings is 1. The van der Waals surface area contributed by atoms with Gasteiger partial charge in [0, 0.05) is 42.1 Å².